The lowest BCUT2D eigenvalue weighted by Crippen LogP contribution is -2.28. The number of hydrogen-bond donors (Lipinski definition) is 2. The van der Waals surface area contributed by atoms with Crippen LogP contribution in [0.2, 0.25) is 0 Å². The van der Waals surface area contributed by atoms with E-state index in [2.05, 4.69) is 15.1 Å². The first-order valence-electron chi connectivity index (χ1n) is 4.45. The van der Waals surface area contributed by atoms with Gasteiger partial charge in [0.25, 0.3) is 5.56 Å². The summed E-state index contributed by atoms with van der Waals surface area (Å²) in [5.74, 6) is 0.334. The Bertz CT molecular complexity index is 623. The summed E-state index contributed by atoms with van der Waals surface area (Å²) >= 11 is 0. The topological polar surface area (TPSA) is 120 Å². The Morgan fingerprint density at radius 1 is 1.56 bits per heavy atom. The van der Waals surface area contributed by atoms with Crippen molar-refractivity contribution in [1.29, 1.82) is 0 Å². The number of hydrogen-bond acceptors (Lipinski definition) is 6. The molecule has 0 spiro atoms. The summed E-state index contributed by atoms with van der Waals surface area (Å²) in [5, 5.41) is 3.59. The van der Waals surface area contributed by atoms with Crippen LogP contribution in [-0.4, -0.2) is 19.7 Å². The molecule has 0 unspecified atom stereocenters. The third kappa shape index (κ3) is 1.65. The quantitative estimate of drug-likeness (QED) is 0.644. The van der Waals surface area contributed by atoms with Crippen molar-refractivity contribution in [2.75, 3.05) is 0 Å². The van der Waals surface area contributed by atoms with Gasteiger partial charge < -0.3 is 14.8 Å². The third-order valence-electron chi connectivity index (χ3n) is 1.99. The van der Waals surface area contributed by atoms with E-state index in [1.807, 2.05) is 0 Å². The van der Waals surface area contributed by atoms with Crippen LogP contribution in [0.5, 0.6) is 0 Å². The summed E-state index contributed by atoms with van der Waals surface area (Å²) in [6, 6.07) is 0. The largest absolute Gasteiger partial charge is 0.338 e. The van der Waals surface area contributed by atoms with Crippen molar-refractivity contribution in [2.24, 2.45) is 12.8 Å². The van der Waals surface area contributed by atoms with Gasteiger partial charge in [0.2, 0.25) is 11.7 Å². The van der Waals surface area contributed by atoms with Crippen molar-refractivity contribution < 1.29 is 4.52 Å². The van der Waals surface area contributed by atoms with Gasteiger partial charge in [-0.25, -0.2) is 4.79 Å². The fourth-order valence-electron chi connectivity index (χ4n) is 1.17. The molecule has 0 fully saturated rings. The van der Waals surface area contributed by atoms with E-state index in [0.29, 0.717) is 0 Å². The van der Waals surface area contributed by atoms with Crippen LogP contribution in [0.3, 0.4) is 0 Å². The lowest BCUT2D eigenvalue weighted by molar-refractivity contribution is 0.380. The lowest BCUT2D eigenvalue weighted by atomic mass is 10.3. The molecule has 0 aliphatic rings. The molecule has 3 N–H and O–H groups in total. The van der Waals surface area contributed by atoms with Gasteiger partial charge in [0.15, 0.2) is 0 Å². The van der Waals surface area contributed by atoms with Crippen LogP contribution >= 0.6 is 0 Å². The van der Waals surface area contributed by atoms with Gasteiger partial charge in [-0.1, -0.05) is 5.16 Å². The molecule has 0 aliphatic carbocycles. The Hall–Kier alpha value is -2.22. The summed E-state index contributed by atoms with van der Waals surface area (Å²) in [7, 11) is 1.51. The second-order valence-corrected chi connectivity index (χ2v) is 3.13. The SMILES string of the molecule is Cn1cc(-c2noc(CN)n2)c(=O)[nH]c1=O. The van der Waals surface area contributed by atoms with Gasteiger partial charge >= 0.3 is 5.69 Å². The van der Waals surface area contributed by atoms with E-state index < -0.39 is 11.2 Å². The van der Waals surface area contributed by atoms with Gasteiger partial charge in [-0.2, -0.15) is 4.98 Å². The molecule has 2 aromatic rings. The van der Waals surface area contributed by atoms with Gasteiger partial charge in [-0.3, -0.25) is 9.78 Å². The predicted molar refractivity (Wildman–Crippen MR) is 53.5 cm³/mol. The Kier molecular flexibility index (Phi) is 2.41. The summed E-state index contributed by atoms with van der Waals surface area (Å²) in [4.78, 5) is 28.6. The second-order valence-electron chi connectivity index (χ2n) is 3.13. The van der Waals surface area contributed by atoms with Crippen LogP contribution < -0.4 is 17.0 Å². The van der Waals surface area contributed by atoms with Crippen LogP contribution in [0.15, 0.2) is 20.3 Å². The molecule has 2 heterocycles. The molecule has 0 saturated carbocycles. The molecule has 0 aromatic carbocycles. The molecule has 0 radical (unpaired) electrons. The highest BCUT2D eigenvalue weighted by Crippen LogP contribution is 2.08. The van der Waals surface area contributed by atoms with Crippen molar-refractivity contribution in [1.82, 2.24) is 19.7 Å². The minimum atomic E-state index is -0.563. The molecule has 8 nitrogen and oxygen atoms in total. The number of aromatic amines is 1. The fraction of sp³-hybridized carbons (Fsp3) is 0.250. The fourth-order valence-corrected chi connectivity index (χ4v) is 1.17. The molecular weight excluding hydrogens is 214 g/mol. The standard InChI is InChI=1S/C8H9N5O3/c1-13-3-4(7(14)11-8(13)15)6-10-5(2-9)16-12-6/h3H,2,9H2,1H3,(H,11,14,15). The van der Waals surface area contributed by atoms with Crippen LogP contribution in [0.4, 0.5) is 0 Å². The summed E-state index contributed by atoms with van der Waals surface area (Å²) in [6.07, 6.45) is 1.34. The molecule has 2 rings (SSSR count). The maximum absolute atomic E-state index is 11.5. The molecule has 0 bridgehead atoms. The van der Waals surface area contributed by atoms with E-state index in [-0.39, 0.29) is 23.8 Å². The number of H-pyrrole nitrogens is 1. The Morgan fingerprint density at radius 3 is 2.94 bits per heavy atom. The first kappa shape index (κ1) is 10.3. The highest BCUT2D eigenvalue weighted by molar-refractivity contribution is 5.50. The van der Waals surface area contributed by atoms with Gasteiger partial charge in [0.1, 0.15) is 5.56 Å². The minimum Gasteiger partial charge on any atom is -0.338 e. The number of nitrogens with two attached hydrogens (primary N) is 1. The molecule has 2 aromatic heterocycles. The van der Waals surface area contributed by atoms with Crippen molar-refractivity contribution >= 4 is 0 Å². The summed E-state index contributed by atoms with van der Waals surface area (Å²) < 4.78 is 5.98. The number of rotatable bonds is 2. The molecule has 0 aliphatic heterocycles. The van der Waals surface area contributed by atoms with Gasteiger partial charge in [0.05, 0.1) is 6.54 Å². The Balaban J connectivity index is 2.60. The van der Waals surface area contributed by atoms with Gasteiger partial charge in [0, 0.05) is 13.2 Å². The average molecular weight is 223 g/mol. The Morgan fingerprint density at radius 2 is 2.31 bits per heavy atom. The lowest BCUT2D eigenvalue weighted by Gasteiger charge is -1.97. The van der Waals surface area contributed by atoms with Crippen molar-refractivity contribution in [3.8, 4) is 11.4 Å². The first-order valence-corrected chi connectivity index (χ1v) is 4.45. The van der Waals surface area contributed by atoms with Crippen molar-refractivity contribution in [2.45, 2.75) is 6.54 Å². The van der Waals surface area contributed by atoms with Crippen LogP contribution in [0.1, 0.15) is 5.89 Å². The zero-order valence-corrected chi connectivity index (χ0v) is 8.43. The van der Waals surface area contributed by atoms with E-state index in [1.54, 1.807) is 0 Å². The predicted octanol–water partition coefficient (Wildman–Crippen LogP) is -1.42. The normalized spacial score (nSPS) is 10.6. The van der Waals surface area contributed by atoms with Crippen LogP contribution in [-0.2, 0) is 13.6 Å². The molecule has 0 saturated heterocycles. The zero-order valence-electron chi connectivity index (χ0n) is 8.43. The third-order valence-corrected chi connectivity index (χ3v) is 1.99. The highest BCUT2D eigenvalue weighted by atomic mass is 16.5. The average Bonchev–Trinajstić information content (AvgIpc) is 2.71. The van der Waals surface area contributed by atoms with Crippen molar-refractivity contribution in [3.05, 3.63) is 32.9 Å². The van der Waals surface area contributed by atoms with Crippen LogP contribution in [0, 0.1) is 0 Å². The molecule has 84 valence electrons. The second kappa shape index (κ2) is 3.74. The molecular formula is C8H9N5O3. The smallest absolute Gasteiger partial charge is 0.328 e. The van der Waals surface area contributed by atoms with Gasteiger partial charge in [-0.05, 0) is 0 Å². The minimum absolute atomic E-state index is 0.0939. The van der Waals surface area contributed by atoms with Crippen LogP contribution in [0.25, 0.3) is 11.4 Å². The molecule has 16 heavy (non-hydrogen) atoms. The number of aromatic nitrogens is 4. The van der Waals surface area contributed by atoms with E-state index in [4.69, 9.17) is 10.3 Å². The molecule has 8 heteroatoms. The van der Waals surface area contributed by atoms with E-state index in [1.165, 1.54) is 17.8 Å². The number of nitrogens with one attached hydrogen (secondary N) is 1. The number of aryl methyl sites for hydroxylation is 1. The molecule has 0 amide bonds. The summed E-state index contributed by atoms with van der Waals surface area (Å²) in [6.45, 7) is 0.0939. The van der Waals surface area contributed by atoms with Gasteiger partial charge in [-0.15, -0.1) is 0 Å². The maximum Gasteiger partial charge on any atom is 0.328 e. The molecule has 0 atom stereocenters. The number of nitrogens with zero attached hydrogens (tertiary/aromatic N) is 3. The highest BCUT2D eigenvalue weighted by Gasteiger charge is 2.12. The van der Waals surface area contributed by atoms with E-state index in [9.17, 15) is 9.59 Å². The van der Waals surface area contributed by atoms with E-state index in [0.717, 1.165) is 0 Å². The monoisotopic (exact) mass is 223 g/mol. The van der Waals surface area contributed by atoms with Crippen molar-refractivity contribution in [3.63, 3.8) is 0 Å². The summed E-state index contributed by atoms with van der Waals surface area (Å²) in [5.41, 5.74) is 4.39. The zero-order chi connectivity index (χ0) is 11.7. The maximum atomic E-state index is 11.5. The Labute approximate surface area is 88.7 Å². The first-order chi connectivity index (χ1) is 7.61. The van der Waals surface area contributed by atoms with E-state index >= 15 is 0 Å².